The molecule has 2 saturated heterocycles. The van der Waals surface area contributed by atoms with Gasteiger partial charge in [0.2, 0.25) is 5.91 Å². The molecule has 3 unspecified atom stereocenters. The van der Waals surface area contributed by atoms with Crippen molar-refractivity contribution in [3.05, 3.63) is 54.2 Å². The van der Waals surface area contributed by atoms with Gasteiger partial charge in [0.15, 0.2) is 10.8 Å². The van der Waals surface area contributed by atoms with E-state index < -0.39 is 22.1 Å². The zero-order valence-electron chi connectivity index (χ0n) is 22.7. The summed E-state index contributed by atoms with van der Waals surface area (Å²) in [4.78, 5) is 46.2. The number of nitrogens with one attached hydrogen (secondary N) is 1. The summed E-state index contributed by atoms with van der Waals surface area (Å²) >= 11 is 0. The van der Waals surface area contributed by atoms with Gasteiger partial charge in [-0.05, 0) is 69.0 Å². The molecule has 10 nitrogen and oxygen atoms in total. The lowest BCUT2D eigenvalue weighted by Gasteiger charge is -2.25. The molecule has 1 aromatic heterocycles. The number of hydrogen-bond donors (Lipinski definition) is 1. The van der Waals surface area contributed by atoms with E-state index in [0.717, 1.165) is 18.8 Å². The number of anilines is 1. The Kier molecular flexibility index (Phi) is 9.01. The van der Waals surface area contributed by atoms with E-state index in [0.29, 0.717) is 31.5 Å². The lowest BCUT2D eigenvalue weighted by molar-refractivity contribution is -0.137. The Morgan fingerprint density at radius 3 is 2.49 bits per heavy atom. The van der Waals surface area contributed by atoms with Gasteiger partial charge in [-0.25, -0.2) is 13.4 Å². The number of benzene rings is 1. The van der Waals surface area contributed by atoms with E-state index >= 15 is 0 Å². The van der Waals surface area contributed by atoms with Crippen LogP contribution in [0.4, 0.5) is 5.69 Å². The van der Waals surface area contributed by atoms with Crippen molar-refractivity contribution in [3.63, 3.8) is 0 Å². The van der Waals surface area contributed by atoms with Crippen LogP contribution in [0.15, 0.2) is 53.7 Å². The minimum Gasteiger partial charge on any atom is -0.372 e. The fourth-order valence-corrected chi connectivity index (χ4v) is 7.02. The van der Waals surface area contributed by atoms with Crippen LogP contribution < -0.4 is 10.2 Å². The summed E-state index contributed by atoms with van der Waals surface area (Å²) in [6, 6.07) is 10.8. The minimum atomic E-state index is -3.93. The van der Waals surface area contributed by atoms with Crippen molar-refractivity contribution in [2.75, 3.05) is 37.6 Å². The van der Waals surface area contributed by atoms with Gasteiger partial charge in [-0.2, -0.15) is 4.31 Å². The van der Waals surface area contributed by atoms with Gasteiger partial charge in [0.25, 0.3) is 15.9 Å². The van der Waals surface area contributed by atoms with Crippen molar-refractivity contribution in [2.24, 2.45) is 5.92 Å². The number of Topliss-reactive ketones (excluding diaryl/α,β-unsaturated/α-hetero) is 1. The quantitative estimate of drug-likeness (QED) is 0.452. The number of rotatable bonds is 11. The van der Waals surface area contributed by atoms with Crippen molar-refractivity contribution >= 4 is 33.3 Å². The molecule has 11 heteroatoms. The highest BCUT2D eigenvalue weighted by molar-refractivity contribution is 7.89. The number of amides is 2. The monoisotopic (exact) mass is 555 g/mol. The number of carbonyl (C=O) groups is 3. The van der Waals surface area contributed by atoms with Gasteiger partial charge >= 0.3 is 0 Å². The molecule has 1 aromatic carbocycles. The molecule has 2 fully saturated rings. The standard InChI is InChI=1S/C28H37N5O5S/c1-4-31(5-2)22-11-9-21(10-12-22)28(36)30-16-13-20(3)18-26(35)32-17-14-23-27(32)24(34)19-33(23)39(37,38)25-8-6-7-15-29-25/h6-12,15,20,23,27H,4-5,13-14,16-19H2,1-3H3,(H,30,36). The lowest BCUT2D eigenvalue weighted by Crippen LogP contribution is -2.44. The first-order valence-corrected chi connectivity index (χ1v) is 15.0. The van der Waals surface area contributed by atoms with Crippen molar-refractivity contribution in [3.8, 4) is 0 Å². The summed E-state index contributed by atoms with van der Waals surface area (Å²) in [5.74, 6) is -0.615. The second kappa shape index (κ2) is 12.3. The van der Waals surface area contributed by atoms with E-state index in [-0.39, 0.29) is 41.5 Å². The van der Waals surface area contributed by atoms with Gasteiger partial charge in [-0.1, -0.05) is 13.0 Å². The van der Waals surface area contributed by atoms with E-state index in [9.17, 15) is 22.8 Å². The number of nitrogens with zero attached hydrogens (tertiary/aromatic N) is 4. The topological polar surface area (TPSA) is 120 Å². The second-order valence-electron chi connectivity index (χ2n) is 10.1. The zero-order chi connectivity index (χ0) is 28.2. The van der Waals surface area contributed by atoms with Crippen LogP contribution in [0.25, 0.3) is 0 Å². The van der Waals surface area contributed by atoms with Gasteiger partial charge in [-0.15, -0.1) is 0 Å². The number of fused-ring (bicyclic) bond motifs is 1. The number of aromatic nitrogens is 1. The zero-order valence-corrected chi connectivity index (χ0v) is 23.6. The minimum absolute atomic E-state index is 0.0215. The molecule has 1 N–H and O–H groups in total. The molecule has 2 aliphatic heterocycles. The first-order valence-electron chi connectivity index (χ1n) is 13.6. The molecule has 0 radical (unpaired) electrons. The normalized spacial score (nSPS) is 20.1. The Morgan fingerprint density at radius 2 is 1.85 bits per heavy atom. The number of hydrogen-bond acceptors (Lipinski definition) is 7. The van der Waals surface area contributed by atoms with Crippen LogP contribution in [0, 0.1) is 5.92 Å². The molecular formula is C28H37N5O5S. The van der Waals surface area contributed by atoms with Gasteiger partial charge in [0, 0.05) is 50.0 Å². The molecule has 3 heterocycles. The second-order valence-corrected chi connectivity index (χ2v) is 12.0. The number of ketones is 1. The van der Waals surface area contributed by atoms with Crippen molar-refractivity contribution < 1.29 is 22.8 Å². The Labute approximate surface area is 230 Å². The van der Waals surface area contributed by atoms with E-state index in [1.165, 1.54) is 21.5 Å². The van der Waals surface area contributed by atoms with Gasteiger partial charge in [0.1, 0.15) is 6.04 Å². The van der Waals surface area contributed by atoms with E-state index in [1.807, 2.05) is 31.2 Å². The van der Waals surface area contributed by atoms with Gasteiger partial charge < -0.3 is 15.1 Å². The first kappa shape index (κ1) is 28.7. The summed E-state index contributed by atoms with van der Waals surface area (Å²) in [6.07, 6.45) is 2.63. The van der Waals surface area contributed by atoms with E-state index in [1.54, 1.807) is 12.1 Å². The van der Waals surface area contributed by atoms with E-state index in [4.69, 9.17) is 0 Å². The van der Waals surface area contributed by atoms with Crippen LogP contribution in [0.5, 0.6) is 0 Å². The maximum Gasteiger partial charge on any atom is 0.261 e. The highest BCUT2D eigenvalue weighted by atomic mass is 32.2. The van der Waals surface area contributed by atoms with Crippen molar-refractivity contribution in [1.82, 2.24) is 19.5 Å². The number of likely N-dealkylation sites (tertiary alicyclic amines) is 1. The third-order valence-corrected chi connectivity index (χ3v) is 9.40. The molecule has 2 aliphatic rings. The number of carbonyl (C=O) groups excluding carboxylic acids is 3. The summed E-state index contributed by atoms with van der Waals surface area (Å²) < 4.78 is 27.4. The third-order valence-electron chi connectivity index (χ3n) is 7.61. The number of sulfonamides is 1. The third kappa shape index (κ3) is 6.14. The fourth-order valence-electron chi connectivity index (χ4n) is 5.46. The average Bonchev–Trinajstić information content (AvgIpc) is 3.51. The van der Waals surface area contributed by atoms with Crippen molar-refractivity contribution in [1.29, 1.82) is 0 Å². The fraction of sp³-hybridized carbons (Fsp3) is 0.500. The van der Waals surface area contributed by atoms with Gasteiger partial charge in [-0.3, -0.25) is 14.4 Å². The molecule has 210 valence electrons. The average molecular weight is 556 g/mol. The van der Waals surface area contributed by atoms with Crippen molar-refractivity contribution in [2.45, 2.75) is 57.1 Å². The van der Waals surface area contributed by atoms with Crippen LogP contribution >= 0.6 is 0 Å². The predicted molar refractivity (Wildman–Crippen MR) is 148 cm³/mol. The molecular weight excluding hydrogens is 518 g/mol. The van der Waals surface area contributed by atoms with E-state index in [2.05, 4.69) is 29.0 Å². The van der Waals surface area contributed by atoms with Crippen LogP contribution in [-0.2, 0) is 19.6 Å². The van der Waals surface area contributed by atoms with Crippen LogP contribution in [0.3, 0.4) is 0 Å². The Hall–Kier alpha value is -3.31. The molecule has 2 aromatic rings. The van der Waals surface area contributed by atoms with Crippen LogP contribution in [0.2, 0.25) is 0 Å². The molecule has 0 bridgehead atoms. The molecule has 3 atom stereocenters. The molecule has 39 heavy (non-hydrogen) atoms. The Morgan fingerprint density at radius 1 is 1.13 bits per heavy atom. The highest BCUT2D eigenvalue weighted by Crippen LogP contribution is 2.34. The summed E-state index contributed by atoms with van der Waals surface area (Å²) in [5.41, 5.74) is 1.66. The summed E-state index contributed by atoms with van der Waals surface area (Å²) in [6.45, 7) is 8.41. The smallest absolute Gasteiger partial charge is 0.261 e. The summed E-state index contributed by atoms with van der Waals surface area (Å²) in [7, 11) is -3.93. The maximum atomic E-state index is 13.1. The molecule has 0 aliphatic carbocycles. The Bertz CT molecular complexity index is 1280. The molecule has 2 amide bonds. The summed E-state index contributed by atoms with van der Waals surface area (Å²) in [5, 5.41) is 2.82. The Balaban J connectivity index is 1.28. The maximum absolute atomic E-state index is 13.1. The van der Waals surface area contributed by atoms with Crippen LogP contribution in [-0.4, -0.2) is 85.0 Å². The first-order chi connectivity index (χ1) is 18.7. The predicted octanol–water partition coefficient (Wildman–Crippen LogP) is 2.32. The molecule has 4 rings (SSSR count). The largest absolute Gasteiger partial charge is 0.372 e. The number of pyridine rings is 1. The highest BCUT2D eigenvalue weighted by Gasteiger charge is 2.53. The molecule has 0 saturated carbocycles. The molecule has 0 spiro atoms. The lowest BCUT2D eigenvalue weighted by atomic mass is 10.0. The van der Waals surface area contributed by atoms with Crippen LogP contribution in [0.1, 0.15) is 50.4 Å². The van der Waals surface area contributed by atoms with Gasteiger partial charge in [0.05, 0.1) is 12.6 Å². The SMILES string of the molecule is CCN(CC)c1ccc(C(=O)NCCC(C)CC(=O)N2CCC3C2C(=O)CN3S(=O)(=O)c2ccccn2)cc1.